The molecular formula is C19H22FN3O4S. The van der Waals surface area contributed by atoms with Gasteiger partial charge in [-0.1, -0.05) is 18.2 Å². The molecule has 0 bridgehead atoms. The van der Waals surface area contributed by atoms with Crippen LogP contribution in [0.15, 0.2) is 52.3 Å². The van der Waals surface area contributed by atoms with Gasteiger partial charge in [-0.05, 0) is 25.0 Å². The molecule has 0 spiro atoms. The molecule has 1 saturated carbocycles. The van der Waals surface area contributed by atoms with Gasteiger partial charge in [0.05, 0.1) is 4.90 Å². The summed E-state index contributed by atoms with van der Waals surface area (Å²) in [4.78, 5) is 26.5. The largest absolute Gasteiger partial charge is 0.334 e. The Balaban J connectivity index is 1.85. The Kier molecular flexibility index (Phi) is 5.66. The minimum Gasteiger partial charge on any atom is -0.334 e. The lowest BCUT2D eigenvalue weighted by atomic mass is 10.2. The third-order valence-electron chi connectivity index (χ3n) is 4.65. The normalized spacial score (nSPS) is 14.3. The van der Waals surface area contributed by atoms with Gasteiger partial charge in [0.25, 0.3) is 5.56 Å². The Labute approximate surface area is 163 Å². The van der Waals surface area contributed by atoms with Crippen molar-refractivity contribution in [2.24, 2.45) is 0 Å². The maximum absolute atomic E-state index is 14.0. The van der Waals surface area contributed by atoms with Crippen LogP contribution in [0.3, 0.4) is 0 Å². The summed E-state index contributed by atoms with van der Waals surface area (Å²) in [6, 6.07) is 8.60. The topological polar surface area (TPSA) is 79.7 Å². The fraction of sp³-hybridized carbons (Fsp3) is 0.368. The minimum atomic E-state index is -3.73. The number of carbonyl (C=O) groups is 1. The van der Waals surface area contributed by atoms with Crippen LogP contribution < -0.4 is 5.56 Å². The van der Waals surface area contributed by atoms with E-state index >= 15 is 0 Å². The fourth-order valence-electron chi connectivity index (χ4n) is 2.85. The number of hydrogen-bond acceptors (Lipinski definition) is 4. The zero-order valence-corrected chi connectivity index (χ0v) is 16.5. The number of halogens is 1. The zero-order chi connectivity index (χ0) is 20.5. The van der Waals surface area contributed by atoms with Gasteiger partial charge in [-0.3, -0.25) is 9.59 Å². The van der Waals surface area contributed by atoms with Crippen LogP contribution in [0.2, 0.25) is 0 Å². The second-order valence-corrected chi connectivity index (χ2v) is 9.11. The first kappa shape index (κ1) is 20.2. The van der Waals surface area contributed by atoms with E-state index in [0.717, 1.165) is 27.8 Å². The monoisotopic (exact) mass is 407 g/mol. The van der Waals surface area contributed by atoms with Gasteiger partial charge in [0.1, 0.15) is 12.4 Å². The van der Waals surface area contributed by atoms with E-state index in [1.807, 2.05) is 0 Å². The molecule has 0 unspecified atom stereocenters. The quantitative estimate of drug-likeness (QED) is 0.696. The van der Waals surface area contributed by atoms with Crippen molar-refractivity contribution in [3.8, 4) is 0 Å². The maximum atomic E-state index is 14.0. The van der Waals surface area contributed by atoms with Crippen LogP contribution >= 0.6 is 0 Å². The molecule has 1 aliphatic rings. The molecule has 0 radical (unpaired) electrons. The fourth-order valence-corrected chi connectivity index (χ4v) is 3.77. The summed E-state index contributed by atoms with van der Waals surface area (Å²) >= 11 is 0. The van der Waals surface area contributed by atoms with Gasteiger partial charge in [0.15, 0.2) is 0 Å². The Morgan fingerprint density at radius 3 is 2.46 bits per heavy atom. The van der Waals surface area contributed by atoms with E-state index in [4.69, 9.17) is 0 Å². The Morgan fingerprint density at radius 1 is 1.18 bits per heavy atom. The van der Waals surface area contributed by atoms with Gasteiger partial charge < -0.3 is 9.47 Å². The third kappa shape index (κ3) is 4.31. The predicted molar refractivity (Wildman–Crippen MR) is 102 cm³/mol. The SMILES string of the molecule is CN(C)S(=O)(=O)c1ccc(=O)n(CC(=O)N(Cc2ccccc2F)C2CC2)c1. The van der Waals surface area contributed by atoms with Gasteiger partial charge in [0, 0.05) is 44.5 Å². The Morgan fingerprint density at radius 2 is 1.86 bits per heavy atom. The highest BCUT2D eigenvalue weighted by Crippen LogP contribution is 2.29. The Hall–Kier alpha value is -2.52. The molecule has 1 heterocycles. The number of rotatable bonds is 7. The average molecular weight is 407 g/mol. The molecule has 0 atom stereocenters. The molecule has 28 heavy (non-hydrogen) atoms. The van der Waals surface area contributed by atoms with Crippen molar-refractivity contribution in [2.45, 2.75) is 36.9 Å². The molecule has 0 aliphatic heterocycles. The number of benzene rings is 1. The van der Waals surface area contributed by atoms with E-state index < -0.39 is 21.4 Å². The first-order chi connectivity index (χ1) is 13.2. The number of pyridine rings is 1. The van der Waals surface area contributed by atoms with Crippen molar-refractivity contribution in [2.75, 3.05) is 14.1 Å². The van der Waals surface area contributed by atoms with Crippen molar-refractivity contribution >= 4 is 15.9 Å². The number of aromatic nitrogens is 1. The summed E-state index contributed by atoms with van der Waals surface area (Å²) in [6.45, 7) is -0.193. The molecule has 1 amide bonds. The second-order valence-electron chi connectivity index (χ2n) is 6.96. The van der Waals surface area contributed by atoms with E-state index in [1.54, 1.807) is 23.1 Å². The molecule has 150 valence electrons. The molecule has 1 fully saturated rings. The van der Waals surface area contributed by atoms with E-state index in [-0.39, 0.29) is 29.9 Å². The summed E-state index contributed by atoms with van der Waals surface area (Å²) in [5.41, 5.74) is -0.0771. The lowest BCUT2D eigenvalue weighted by Gasteiger charge is -2.23. The highest BCUT2D eigenvalue weighted by atomic mass is 32.2. The first-order valence-electron chi connectivity index (χ1n) is 8.86. The average Bonchev–Trinajstić information content (AvgIpc) is 3.47. The van der Waals surface area contributed by atoms with Crippen LogP contribution in [0, 0.1) is 5.82 Å². The molecule has 1 aromatic carbocycles. The molecule has 7 nitrogen and oxygen atoms in total. The van der Waals surface area contributed by atoms with Crippen LogP contribution in [-0.4, -0.2) is 48.2 Å². The van der Waals surface area contributed by atoms with Crippen LogP contribution in [0.4, 0.5) is 4.39 Å². The predicted octanol–water partition coefficient (Wildman–Crippen LogP) is 1.43. The number of carbonyl (C=O) groups excluding carboxylic acids is 1. The minimum absolute atomic E-state index is 0.0106. The summed E-state index contributed by atoms with van der Waals surface area (Å²) < 4.78 is 40.7. The van der Waals surface area contributed by atoms with Crippen molar-refractivity contribution in [3.63, 3.8) is 0 Å². The van der Waals surface area contributed by atoms with Crippen LogP contribution in [0.1, 0.15) is 18.4 Å². The zero-order valence-electron chi connectivity index (χ0n) is 15.7. The highest BCUT2D eigenvalue weighted by Gasteiger charge is 2.33. The van der Waals surface area contributed by atoms with Crippen LogP contribution in [0.5, 0.6) is 0 Å². The standard InChI is InChI=1S/C19H22FN3O4S/c1-21(2)28(26,27)16-9-10-18(24)22(12-16)13-19(25)23(15-7-8-15)11-14-5-3-4-6-17(14)20/h3-6,9-10,12,15H,7-8,11,13H2,1-2H3. The van der Waals surface area contributed by atoms with Gasteiger partial charge in [-0.2, -0.15) is 0 Å². The number of amides is 1. The molecule has 9 heteroatoms. The molecule has 1 aromatic heterocycles. The molecule has 2 aromatic rings. The highest BCUT2D eigenvalue weighted by molar-refractivity contribution is 7.89. The number of sulfonamides is 1. The maximum Gasteiger partial charge on any atom is 0.251 e. The van der Waals surface area contributed by atoms with E-state index in [1.165, 1.54) is 32.4 Å². The summed E-state index contributed by atoms with van der Waals surface area (Å²) in [5, 5.41) is 0. The lowest BCUT2D eigenvalue weighted by molar-refractivity contribution is -0.133. The smallest absolute Gasteiger partial charge is 0.251 e. The lowest BCUT2D eigenvalue weighted by Crippen LogP contribution is -2.38. The number of hydrogen-bond donors (Lipinski definition) is 0. The van der Waals surface area contributed by atoms with Crippen molar-refractivity contribution in [3.05, 3.63) is 64.3 Å². The molecule has 1 aliphatic carbocycles. The second kappa shape index (κ2) is 7.84. The van der Waals surface area contributed by atoms with Crippen molar-refractivity contribution in [1.29, 1.82) is 0 Å². The number of nitrogens with zero attached hydrogens (tertiary/aromatic N) is 3. The van der Waals surface area contributed by atoms with Gasteiger partial charge in [0.2, 0.25) is 15.9 Å². The van der Waals surface area contributed by atoms with E-state index in [9.17, 15) is 22.4 Å². The van der Waals surface area contributed by atoms with Gasteiger partial charge in [-0.15, -0.1) is 0 Å². The summed E-state index contributed by atoms with van der Waals surface area (Å²) in [5.74, 6) is -0.746. The van der Waals surface area contributed by atoms with E-state index in [2.05, 4.69) is 0 Å². The van der Waals surface area contributed by atoms with E-state index in [0.29, 0.717) is 5.56 Å². The van der Waals surface area contributed by atoms with Gasteiger partial charge >= 0.3 is 0 Å². The molecule has 3 rings (SSSR count). The molecule has 0 saturated heterocycles. The first-order valence-corrected chi connectivity index (χ1v) is 10.3. The van der Waals surface area contributed by atoms with Crippen molar-refractivity contribution in [1.82, 2.24) is 13.8 Å². The summed E-state index contributed by atoms with van der Waals surface area (Å²) in [7, 11) is -0.955. The van der Waals surface area contributed by atoms with Crippen LogP contribution in [0.25, 0.3) is 0 Å². The van der Waals surface area contributed by atoms with Gasteiger partial charge in [-0.25, -0.2) is 17.1 Å². The summed E-state index contributed by atoms with van der Waals surface area (Å²) in [6.07, 6.45) is 2.82. The van der Waals surface area contributed by atoms with Crippen LogP contribution in [-0.2, 0) is 27.9 Å². The molecular weight excluding hydrogens is 385 g/mol. The van der Waals surface area contributed by atoms with Crippen molar-refractivity contribution < 1.29 is 17.6 Å². The Bertz CT molecular complexity index is 1050. The molecule has 0 N–H and O–H groups in total. The third-order valence-corrected chi connectivity index (χ3v) is 6.45.